The van der Waals surface area contributed by atoms with Crippen molar-refractivity contribution in [3.8, 4) is 0 Å². The van der Waals surface area contributed by atoms with Gasteiger partial charge in [0.25, 0.3) is 10.0 Å². The van der Waals surface area contributed by atoms with Gasteiger partial charge in [0, 0.05) is 28.9 Å². The van der Waals surface area contributed by atoms with Gasteiger partial charge in [-0.1, -0.05) is 35.3 Å². The maximum Gasteiger partial charge on any atom is 0.417 e. The number of nitrogens with one attached hydrogen (secondary N) is 2. The summed E-state index contributed by atoms with van der Waals surface area (Å²) < 4.78 is 66.7. The fourth-order valence-corrected chi connectivity index (χ4v) is 5.58. The minimum Gasteiger partial charge on any atom is -0.326 e. The summed E-state index contributed by atoms with van der Waals surface area (Å²) in [6.45, 7) is 2.32. The van der Waals surface area contributed by atoms with E-state index in [1.807, 2.05) is 24.3 Å². The van der Waals surface area contributed by atoms with Crippen LogP contribution in [0.25, 0.3) is 0 Å². The van der Waals surface area contributed by atoms with Crippen molar-refractivity contribution >= 4 is 50.5 Å². The molecule has 1 aliphatic heterocycles. The first-order chi connectivity index (χ1) is 17.9. The maximum atomic E-state index is 13.1. The first-order valence-electron chi connectivity index (χ1n) is 11.7. The van der Waals surface area contributed by atoms with E-state index in [9.17, 15) is 26.4 Å². The lowest BCUT2D eigenvalue weighted by molar-refractivity contribution is -0.137. The lowest BCUT2D eigenvalue weighted by Crippen LogP contribution is -2.37. The zero-order valence-electron chi connectivity index (χ0n) is 19.9. The molecule has 1 saturated heterocycles. The van der Waals surface area contributed by atoms with E-state index in [4.69, 9.17) is 23.2 Å². The summed E-state index contributed by atoms with van der Waals surface area (Å²) >= 11 is 11.5. The number of carbonyl (C=O) groups is 1. The molecule has 3 aromatic carbocycles. The van der Waals surface area contributed by atoms with Gasteiger partial charge in [-0.05, 0) is 86.1 Å². The lowest BCUT2D eigenvalue weighted by Gasteiger charge is -2.31. The van der Waals surface area contributed by atoms with E-state index >= 15 is 0 Å². The topological polar surface area (TPSA) is 78.5 Å². The second-order valence-corrected chi connectivity index (χ2v) is 11.5. The Morgan fingerprint density at radius 3 is 2.13 bits per heavy atom. The minimum atomic E-state index is -4.73. The van der Waals surface area contributed by atoms with Gasteiger partial charge in [0.1, 0.15) is 0 Å². The lowest BCUT2D eigenvalue weighted by atomic mass is 9.95. The van der Waals surface area contributed by atoms with E-state index in [1.165, 1.54) is 24.3 Å². The van der Waals surface area contributed by atoms with Crippen molar-refractivity contribution in [1.82, 2.24) is 4.90 Å². The Balaban J connectivity index is 1.32. The van der Waals surface area contributed by atoms with Gasteiger partial charge >= 0.3 is 6.18 Å². The number of nitrogens with zero attached hydrogens (tertiary/aromatic N) is 1. The molecule has 38 heavy (non-hydrogen) atoms. The highest BCUT2D eigenvalue weighted by Crippen LogP contribution is 2.36. The molecule has 0 saturated carbocycles. The summed E-state index contributed by atoms with van der Waals surface area (Å²) in [5.41, 5.74) is 0.150. The summed E-state index contributed by atoms with van der Waals surface area (Å²) in [7, 11) is -4.17. The fourth-order valence-electron chi connectivity index (χ4n) is 4.18. The number of hydrogen-bond acceptors (Lipinski definition) is 4. The van der Waals surface area contributed by atoms with E-state index in [1.54, 1.807) is 0 Å². The third-order valence-electron chi connectivity index (χ3n) is 6.23. The summed E-state index contributed by atoms with van der Waals surface area (Å²) in [6.07, 6.45) is -3.35. The third-order valence-corrected chi connectivity index (χ3v) is 8.21. The molecule has 0 spiro atoms. The molecule has 1 fully saturated rings. The van der Waals surface area contributed by atoms with Crippen molar-refractivity contribution in [3.05, 3.63) is 87.9 Å². The van der Waals surface area contributed by atoms with E-state index < -0.39 is 26.8 Å². The fraction of sp³-hybridized carbons (Fsp3) is 0.269. The van der Waals surface area contributed by atoms with E-state index in [-0.39, 0.29) is 22.4 Å². The van der Waals surface area contributed by atoms with Gasteiger partial charge in [-0.2, -0.15) is 13.2 Å². The van der Waals surface area contributed by atoms with Crippen LogP contribution in [0.3, 0.4) is 0 Å². The van der Waals surface area contributed by atoms with Crippen molar-refractivity contribution in [3.63, 3.8) is 0 Å². The number of alkyl halides is 3. The maximum absolute atomic E-state index is 13.1. The predicted octanol–water partition coefficient (Wildman–Crippen LogP) is 6.66. The van der Waals surface area contributed by atoms with Gasteiger partial charge in [-0.25, -0.2) is 8.42 Å². The van der Waals surface area contributed by atoms with Crippen LogP contribution in [0, 0.1) is 5.92 Å². The molecule has 0 aromatic heterocycles. The molecule has 3 aromatic rings. The molecule has 1 amide bonds. The highest BCUT2D eigenvalue weighted by Gasteiger charge is 2.33. The van der Waals surface area contributed by atoms with Crippen LogP contribution in [-0.2, 0) is 27.5 Å². The van der Waals surface area contributed by atoms with Crippen LogP contribution in [0.2, 0.25) is 10.0 Å². The Hall–Kier alpha value is -2.79. The number of piperidine rings is 1. The number of rotatable bonds is 7. The van der Waals surface area contributed by atoms with Crippen LogP contribution in [0.1, 0.15) is 24.0 Å². The summed E-state index contributed by atoms with van der Waals surface area (Å²) in [4.78, 5) is 14.9. The zero-order valence-corrected chi connectivity index (χ0v) is 22.3. The molecule has 0 unspecified atom stereocenters. The zero-order chi connectivity index (χ0) is 27.5. The number of carbonyl (C=O) groups excluding carboxylic acids is 1. The minimum absolute atomic E-state index is 0.147. The Kier molecular flexibility index (Phi) is 8.56. The van der Waals surface area contributed by atoms with Crippen LogP contribution in [0.15, 0.2) is 71.6 Å². The number of likely N-dealkylation sites (tertiary alicyclic amines) is 1. The number of benzene rings is 3. The number of sulfonamides is 1. The van der Waals surface area contributed by atoms with Gasteiger partial charge in [-0.3, -0.25) is 14.4 Å². The van der Waals surface area contributed by atoms with E-state index in [2.05, 4.69) is 14.9 Å². The molecule has 12 heteroatoms. The van der Waals surface area contributed by atoms with Gasteiger partial charge in [0.2, 0.25) is 5.91 Å². The first kappa shape index (κ1) is 28.2. The van der Waals surface area contributed by atoms with Gasteiger partial charge < -0.3 is 5.32 Å². The van der Waals surface area contributed by atoms with Crippen LogP contribution in [-0.4, -0.2) is 32.3 Å². The normalized spacial score (nSPS) is 15.3. The molecule has 0 atom stereocenters. The third kappa shape index (κ3) is 7.19. The van der Waals surface area contributed by atoms with Crippen LogP contribution in [0.5, 0.6) is 0 Å². The van der Waals surface area contributed by atoms with Gasteiger partial charge in [0.05, 0.1) is 15.5 Å². The molecule has 6 nitrogen and oxygen atoms in total. The SMILES string of the molecule is O=C(Nc1ccc(S(=O)(=O)Nc2ccc(Cl)c(C(F)(F)F)c2)cc1)C1CCN(Cc2ccc(Cl)cc2)CC1. The van der Waals surface area contributed by atoms with Gasteiger partial charge in [0.15, 0.2) is 0 Å². The highest BCUT2D eigenvalue weighted by molar-refractivity contribution is 7.92. The van der Waals surface area contributed by atoms with Crippen molar-refractivity contribution in [2.45, 2.75) is 30.5 Å². The summed E-state index contributed by atoms with van der Waals surface area (Å²) in [5.74, 6) is -0.319. The van der Waals surface area contributed by atoms with Crippen LogP contribution < -0.4 is 10.0 Å². The van der Waals surface area contributed by atoms with Gasteiger partial charge in [-0.15, -0.1) is 0 Å². The second kappa shape index (κ2) is 11.5. The molecule has 0 bridgehead atoms. The smallest absolute Gasteiger partial charge is 0.326 e. The summed E-state index contributed by atoms with van der Waals surface area (Å²) in [5, 5.41) is 2.97. The van der Waals surface area contributed by atoms with Crippen molar-refractivity contribution in [1.29, 1.82) is 0 Å². The average Bonchev–Trinajstić information content (AvgIpc) is 2.86. The molecule has 202 valence electrons. The van der Waals surface area contributed by atoms with Crippen molar-refractivity contribution in [2.75, 3.05) is 23.1 Å². The molecule has 1 aliphatic rings. The Bertz CT molecular complexity index is 1390. The standard InChI is InChI=1S/C26H24Cl2F3N3O3S/c27-19-3-1-17(2-4-19)16-34-13-11-18(12-14-34)25(35)32-20-5-8-22(9-6-20)38(36,37)33-21-7-10-24(28)23(15-21)26(29,30)31/h1-10,15,18,33H,11-14,16H2,(H,32,35). The predicted molar refractivity (Wildman–Crippen MR) is 142 cm³/mol. The molecular weight excluding hydrogens is 562 g/mol. The monoisotopic (exact) mass is 585 g/mol. The molecule has 0 radical (unpaired) electrons. The average molecular weight is 586 g/mol. The van der Waals surface area contributed by atoms with Crippen LogP contribution >= 0.6 is 23.2 Å². The number of anilines is 2. The molecule has 0 aliphatic carbocycles. The highest BCUT2D eigenvalue weighted by atomic mass is 35.5. The number of hydrogen-bond donors (Lipinski definition) is 2. The molecule has 1 heterocycles. The Morgan fingerprint density at radius 2 is 1.53 bits per heavy atom. The van der Waals surface area contributed by atoms with E-state index in [0.717, 1.165) is 37.3 Å². The number of halogens is 5. The first-order valence-corrected chi connectivity index (χ1v) is 13.9. The van der Waals surface area contributed by atoms with Crippen LogP contribution in [0.4, 0.5) is 24.5 Å². The van der Waals surface area contributed by atoms with Crippen molar-refractivity contribution < 1.29 is 26.4 Å². The molecular formula is C26H24Cl2F3N3O3S. The summed E-state index contributed by atoms with van der Waals surface area (Å²) in [6, 6.07) is 15.8. The Morgan fingerprint density at radius 1 is 0.921 bits per heavy atom. The molecule has 4 rings (SSSR count). The second-order valence-electron chi connectivity index (χ2n) is 8.99. The Labute approximate surface area is 228 Å². The van der Waals surface area contributed by atoms with E-state index in [0.29, 0.717) is 29.6 Å². The largest absolute Gasteiger partial charge is 0.417 e. The quantitative estimate of drug-likeness (QED) is 0.325. The molecule has 2 N–H and O–H groups in total. The van der Waals surface area contributed by atoms with Crippen molar-refractivity contribution in [2.24, 2.45) is 5.92 Å². The number of amides is 1.